The van der Waals surface area contributed by atoms with Crippen LogP contribution in [0.25, 0.3) is 0 Å². The molecule has 0 aliphatic heterocycles. The van der Waals surface area contributed by atoms with Crippen molar-refractivity contribution in [3.63, 3.8) is 0 Å². The molecule has 2 heteroatoms. The van der Waals surface area contributed by atoms with Crippen molar-refractivity contribution in [2.45, 2.75) is 56.9 Å². The molecule has 0 saturated heterocycles. The molecule has 14 heavy (non-hydrogen) atoms. The summed E-state index contributed by atoms with van der Waals surface area (Å²) in [5, 5.41) is 3.51. The summed E-state index contributed by atoms with van der Waals surface area (Å²) in [5.74, 6) is 1.09. The third-order valence-electron chi connectivity index (χ3n) is 3.81. The first kappa shape index (κ1) is 10.4. The van der Waals surface area contributed by atoms with Crippen LogP contribution in [0.15, 0.2) is 0 Å². The monoisotopic (exact) mass is 196 g/mol. The van der Waals surface area contributed by atoms with E-state index >= 15 is 0 Å². The fourth-order valence-electron chi connectivity index (χ4n) is 2.27. The number of rotatable bonds is 7. The Labute approximate surface area is 87.6 Å². The molecule has 0 spiro atoms. The summed E-state index contributed by atoms with van der Waals surface area (Å²) in [7, 11) is 0. The summed E-state index contributed by atoms with van der Waals surface area (Å²) in [6.45, 7) is 2.33. The van der Waals surface area contributed by atoms with Gasteiger partial charge in [-0.25, -0.2) is 0 Å². The van der Waals surface area contributed by atoms with Crippen molar-refractivity contribution in [1.29, 1.82) is 0 Å². The molecule has 0 bridgehead atoms. The topological polar surface area (TPSA) is 38.0 Å². The minimum absolute atomic E-state index is 0.212. The zero-order chi connectivity index (χ0) is 9.86. The van der Waals surface area contributed by atoms with Crippen LogP contribution in [-0.2, 0) is 0 Å². The largest absolute Gasteiger partial charge is 0.325 e. The number of hydrogen-bond acceptors (Lipinski definition) is 2. The molecule has 0 atom stereocenters. The Morgan fingerprint density at radius 2 is 2.00 bits per heavy atom. The molecular weight excluding hydrogens is 172 g/mol. The molecule has 2 aliphatic carbocycles. The van der Waals surface area contributed by atoms with E-state index in [1.807, 2.05) is 0 Å². The van der Waals surface area contributed by atoms with Gasteiger partial charge < -0.3 is 11.1 Å². The lowest BCUT2D eigenvalue weighted by molar-refractivity contribution is 0.229. The second-order valence-electron chi connectivity index (χ2n) is 5.30. The molecule has 2 nitrogen and oxygen atoms in total. The van der Waals surface area contributed by atoms with Crippen LogP contribution in [0, 0.1) is 5.92 Å². The van der Waals surface area contributed by atoms with E-state index in [9.17, 15) is 0 Å². The lowest BCUT2D eigenvalue weighted by Crippen LogP contribution is -2.48. The molecule has 2 saturated carbocycles. The maximum absolute atomic E-state index is 6.14. The third kappa shape index (κ3) is 3.25. The van der Waals surface area contributed by atoms with Crippen LogP contribution in [0.2, 0.25) is 0 Å². The van der Waals surface area contributed by atoms with Gasteiger partial charge in [0.1, 0.15) is 0 Å². The van der Waals surface area contributed by atoms with E-state index < -0.39 is 0 Å². The van der Waals surface area contributed by atoms with Gasteiger partial charge in [0.15, 0.2) is 0 Å². The second kappa shape index (κ2) is 4.63. The molecule has 2 rings (SSSR count). The zero-order valence-corrected chi connectivity index (χ0v) is 9.23. The van der Waals surface area contributed by atoms with Gasteiger partial charge >= 0.3 is 0 Å². The highest BCUT2D eigenvalue weighted by molar-refractivity contribution is 4.92. The SMILES string of the molecule is NC1(CCNCCCC2CC2)CCC1. The Hall–Kier alpha value is -0.0800. The summed E-state index contributed by atoms with van der Waals surface area (Å²) in [5.41, 5.74) is 6.35. The molecule has 0 aromatic heterocycles. The maximum atomic E-state index is 6.14. The average Bonchev–Trinajstić information content (AvgIpc) is 2.91. The normalized spacial score (nSPS) is 24.6. The van der Waals surface area contributed by atoms with Gasteiger partial charge in [-0.1, -0.05) is 12.8 Å². The van der Waals surface area contributed by atoms with E-state index in [4.69, 9.17) is 5.73 Å². The molecule has 0 heterocycles. The van der Waals surface area contributed by atoms with Crippen LogP contribution < -0.4 is 11.1 Å². The first-order valence-corrected chi connectivity index (χ1v) is 6.28. The highest BCUT2D eigenvalue weighted by Crippen LogP contribution is 2.33. The van der Waals surface area contributed by atoms with Crippen LogP contribution in [0.3, 0.4) is 0 Å². The third-order valence-corrected chi connectivity index (χ3v) is 3.81. The molecule has 0 aromatic rings. The van der Waals surface area contributed by atoms with Crippen molar-refractivity contribution in [3.8, 4) is 0 Å². The highest BCUT2D eigenvalue weighted by atomic mass is 14.9. The van der Waals surface area contributed by atoms with E-state index in [2.05, 4.69) is 5.32 Å². The van der Waals surface area contributed by atoms with E-state index in [1.165, 1.54) is 57.9 Å². The summed E-state index contributed by atoms with van der Waals surface area (Å²) in [6.07, 6.45) is 10.8. The number of hydrogen-bond donors (Lipinski definition) is 2. The van der Waals surface area contributed by atoms with Gasteiger partial charge in [0.2, 0.25) is 0 Å². The molecule has 3 N–H and O–H groups in total. The molecule has 0 unspecified atom stereocenters. The molecule has 2 fully saturated rings. The molecular formula is C12H24N2. The van der Waals surface area contributed by atoms with E-state index in [-0.39, 0.29) is 5.54 Å². The molecule has 0 radical (unpaired) electrons. The van der Waals surface area contributed by atoms with Crippen LogP contribution in [0.4, 0.5) is 0 Å². The smallest absolute Gasteiger partial charge is 0.0166 e. The minimum Gasteiger partial charge on any atom is -0.325 e. The molecule has 0 amide bonds. The maximum Gasteiger partial charge on any atom is 0.0166 e. The van der Waals surface area contributed by atoms with Crippen LogP contribution >= 0.6 is 0 Å². The lowest BCUT2D eigenvalue weighted by Gasteiger charge is -2.38. The standard InChI is InChI=1S/C12H24N2/c13-12(6-2-7-12)8-10-14-9-1-3-11-4-5-11/h11,14H,1-10,13H2. The van der Waals surface area contributed by atoms with Crippen molar-refractivity contribution >= 4 is 0 Å². The van der Waals surface area contributed by atoms with Gasteiger partial charge in [-0.05, 0) is 57.5 Å². The summed E-state index contributed by atoms with van der Waals surface area (Å²) >= 11 is 0. The molecule has 0 aromatic carbocycles. The van der Waals surface area contributed by atoms with Crippen LogP contribution in [0.1, 0.15) is 51.4 Å². The van der Waals surface area contributed by atoms with Crippen molar-refractivity contribution < 1.29 is 0 Å². The Morgan fingerprint density at radius 3 is 2.57 bits per heavy atom. The average molecular weight is 196 g/mol. The summed E-state index contributed by atoms with van der Waals surface area (Å²) in [6, 6.07) is 0. The van der Waals surface area contributed by atoms with E-state index in [0.29, 0.717) is 0 Å². The van der Waals surface area contributed by atoms with E-state index in [0.717, 1.165) is 12.5 Å². The first-order valence-electron chi connectivity index (χ1n) is 6.28. The lowest BCUT2D eigenvalue weighted by atomic mass is 9.75. The Morgan fingerprint density at radius 1 is 1.21 bits per heavy atom. The summed E-state index contributed by atoms with van der Waals surface area (Å²) in [4.78, 5) is 0. The zero-order valence-electron chi connectivity index (χ0n) is 9.23. The number of nitrogens with two attached hydrogens (primary N) is 1. The van der Waals surface area contributed by atoms with Gasteiger partial charge in [-0.2, -0.15) is 0 Å². The fraction of sp³-hybridized carbons (Fsp3) is 1.00. The Kier molecular flexibility index (Phi) is 3.45. The van der Waals surface area contributed by atoms with Crippen molar-refractivity contribution in [2.24, 2.45) is 11.7 Å². The van der Waals surface area contributed by atoms with Crippen molar-refractivity contribution in [2.75, 3.05) is 13.1 Å². The Bertz CT molecular complexity index is 171. The van der Waals surface area contributed by atoms with Crippen LogP contribution in [0.5, 0.6) is 0 Å². The highest BCUT2D eigenvalue weighted by Gasteiger charge is 2.31. The summed E-state index contributed by atoms with van der Waals surface area (Å²) < 4.78 is 0. The predicted octanol–water partition coefficient (Wildman–Crippen LogP) is 2.04. The molecule has 82 valence electrons. The van der Waals surface area contributed by atoms with Crippen molar-refractivity contribution in [1.82, 2.24) is 5.32 Å². The fourth-order valence-corrected chi connectivity index (χ4v) is 2.27. The second-order valence-corrected chi connectivity index (χ2v) is 5.30. The quantitative estimate of drug-likeness (QED) is 0.612. The molecule has 2 aliphatic rings. The van der Waals surface area contributed by atoms with Gasteiger partial charge in [0, 0.05) is 5.54 Å². The number of nitrogens with one attached hydrogen (secondary N) is 1. The van der Waals surface area contributed by atoms with Crippen molar-refractivity contribution in [3.05, 3.63) is 0 Å². The Balaban J connectivity index is 1.39. The van der Waals surface area contributed by atoms with Crippen LogP contribution in [-0.4, -0.2) is 18.6 Å². The van der Waals surface area contributed by atoms with Gasteiger partial charge in [0.25, 0.3) is 0 Å². The minimum atomic E-state index is 0.212. The van der Waals surface area contributed by atoms with Gasteiger partial charge in [-0.15, -0.1) is 0 Å². The van der Waals surface area contributed by atoms with E-state index in [1.54, 1.807) is 0 Å². The van der Waals surface area contributed by atoms with Gasteiger partial charge in [-0.3, -0.25) is 0 Å². The predicted molar refractivity (Wildman–Crippen MR) is 60.2 cm³/mol. The first-order chi connectivity index (χ1) is 6.79. The van der Waals surface area contributed by atoms with Gasteiger partial charge in [0.05, 0.1) is 0 Å².